The van der Waals surface area contributed by atoms with E-state index >= 15 is 0 Å². The maximum absolute atomic E-state index is 13.6. The molecule has 3 aromatic rings. The summed E-state index contributed by atoms with van der Waals surface area (Å²) in [5.41, 5.74) is -0.177. The Morgan fingerprint density at radius 3 is 2.83 bits per heavy atom. The van der Waals surface area contributed by atoms with Gasteiger partial charge in [0.15, 0.2) is 0 Å². The van der Waals surface area contributed by atoms with Gasteiger partial charge in [0.05, 0.1) is 11.1 Å². The van der Waals surface area contributed by atoms with Crippen LogP contribution in [0.2, 0.25) is 0 Å². The van der Waals surface area contributed by atoms with Crippen LogP contribution in [0.4, 0.5) is 10.1 Å². The van der Waals surface area contributed by atoms with Crippen LogP contribution in [0.25, 0.3) is 10.2 Å². The van der Waals surface area contributed by atoms with E-state index in [1.54, 1.807) is 19.1 Å². The van der Waals surface area contributed by atoms with Crippen molar-refractivity contribution in [3.63, 3.8) is 0 Å². The van der Waals surface area contributed by atoms with Gasteiger partial charge in [-0.2, -0.15) is 0 Å². The minimum absolute atomic E-state index is 0.0867. The molecular weight excluding hydrogens is 317 g/mol. The highest BCUT2D eigenvalue weighted by Gasteiger charge is 2.14. The number of aromatic nitrogens is 2. The van der Waals surface area contributed by atoms with Crippen molar-refractivity contribution in [2.45, 2.75) is 20.4 Å². The van der Waals surface area contributed by atoms with E-state index in [9.17, 15) is 14.0 Å². The van der Waals surface area contributed by atoms with Crippen LogP contribution in [0.15, 0.2) is 35.1 Å². The van der Waals surface area contributed by atoms with Crippen molar-refractivity contribution < 1.29 is 9.18 Å². The zero-order valence-electron chi connectivity index (χ0n) is 12.6. The zero-order chi connectivity index (χ0) is 16.6. The third kappa shape index (κ3) is 3.00. The molecule has 1 amide bonds. The molecule has 0 unspecified atom stereocenters. The van der Waals surface area contributed by atoms with Gasteiger partial charge < -0.3 is 5.32 Å². The van der Waals surface area contributed by atoms with Gasteiger partial charge in [0, 0.05) is 4.88 Å². The van der Waals surface area contributed by atoms with Gasteiger partial charge in [0.2, 0.25) is 5.91 Å². The van der Waals surface area contributed by atoms with Gasteiger partial charge in [-0.15, -0.1) is 11.3 Å². The molecule has 3 rings (SSSR count). The second kappa shape index (κ2) is 5.92. The van der Waals surface area contributed by atoms with Crippen molar-refractivity contribution in [2.24, 2.45) is 0 Å². The Kier molecular flexibility index (Phi) is 3.96. The fourth-order valence-electron chi connectivity index (χ4n) is 2.32. The first-order chi connectivity index (χ1) is 11.0. The number of carbonyl (C=O) groups is 1. The van der Waals surface area contributed by atoms with E-state index in [2.05, 4.69) is 10.3 Å². The van der Waals surface area contributed by atoms with Crippen LogP contribution in [0.1, 0.15) is 10.7 Å². The molecule has 2 heterocycles. The molecule has 5 nitrogen and oxygen atoms in total. The van der Waals surface area contributed by atoms with Gasteiger partial charge in [-0.3, -0.25) is 14.2 Å². The summed E-state index contributed by atoms with van der Waals surface area (Å²) in [4.78, 5) is 30.6. The van der Waals surface area contributed by atoms with Gasteiger partial charge >= 0.3 is 0 Å². The van der Waals surface area contributed by atoms with Crippen LogP contribution in [0.5, 0.6) is 0 Å². The average molecular weight is 331 g/mol. The van der Waals surface area contributed by atoms with E-state index in [0.717, 1.165) is 4.88 Å². The number of carbonyl (C=O) groups excluding carboxylic acids is 1. The highest BCUT2D eigenvalue weighted by molar-refractivity contribution is 7.18. The lowest BCUT2D eigenvalue weighted by molar-refractivity contribution is -0.116. The molecule has 7 heteroatoms. The molecule has 0 bridgehead atoms. The van der Waals surface area contributed by atoms with Crippen LogP contribution in [-0.2, 0) is 11.3 Å². The SMILES string of the molecule is Cc1cc2c(=O)n(CC(=O)Nc3ccccc3F)c(C)nc2s1. The largest absolute Gasteiger partial charge is 0.322 e. The van der Waals surface area contributed by atoms with Crippen molar-refractivity contribution in [2.75, 3.05) is 5.32 Å². The van der Waals surface area contributed by atoms with E-state index in [-0.39, 0.29) is 17.8 Å². The highest BCUT2D eigenvalue weighted by atomic mass is 32.1. The molecule has 0 aliphatic heterocycles. The molecule has 118 valence electrons. The summed E-state index contributed by atoms with van der Waals surface area (Å²) in [5, 5.41) is 2.96. The summed E-state index contributed by atoms with van der Waals surface area (Å²) in [6.07, 6.45) is 0. The number of aryl methyl sites for hydroxylation is 2. The first kappa shape index (κ1) is 15.4. The van der Waals surface area contributed by atoms with Gasteiger partial charge in [-0.05, 0) is 32.0 Å². The minimum Gasteiger partial charge on any atom is -0.322 e. The third-order valence-electron chi connectivity index (χ3n) is 3.41. The van der Waals surface area contributed by atoms with Gasteiger partial charge in [-0.1, -0.05) is 12.1 Å². The quantitative estimate of drug-likeness (QED) is 0.803. The predicted octanol–water partition coefficient (Wildman–Crippen LogP) is 2.85. The number of amides is 1. The molecule has 0 aliphatic carbocycles. The van der Waals surface area contributed by atoms with E-state index in [1.165, 1.54) is 34.1 Å². The summed E-state index contributed by atoms with van der Waals surface area (Å²) >= 11 is 1.44. The Balaban J connectivity index is 1.91. The highest BCUT2D eigenvalue weighted by Crippen LogP contribution is 2.20. The molecule has 0 spiro atoms. The van der Waals surface area contributed by atoms with Crippen molar-refractivity contribution in [3.8, 4) is 0 Å². The summed E-state index contributed by atoms with van der Waals surface area (Å²) < 4.78 is 14.9. The van der Waals surface area contributed by atoms with Crippen molar-refractivity contribution in [1.82, 2.24) is 9.55 Å². The molecule has 0 atom stereocenters. The molecule has 23 heavy (non-hydrogen) atoms. The zero-order valence-corrected chi connectivity index (χ0v) is 13.4. The maximum Gasteiger partial charge on any atom is 0.262 e. The molecule has 0 saturated carbocycles. The Labute approximate surface area is 135 Å². The standard InChI is InChI=1S/C16H14FN3O2S/c1-9-7-11-15(23-9)18-10(2)20(16(11)22)8-14(21)19-13-6-4-3-5-12(13)17/h3-7H,8H2,1-2H3,(H,19,21). The van der Waals surface area contributed by atoms with E-state index in [1.807, 2.05) is 6.92 Å². The number of rotatable bonds is 3. The van der Waals surface area contributed by atoms with Crippen LogP contribution in [0, 0.1) is 19.7 Å². The van der Waals surface area contributed by atoms with Gasteiger partial charge in [0.25, 0.3) is 5.56 Å². The van der Waals surface area contributed by atoms with Crippen molar-refractivity contribution in [3.05, 3.63) is 57.2 Å². The summed E-state index contributed by atoms with van der Waals surface area (Å²) in [7, 11) is 0. The smallest absolute Gasteiger partial charge is 0.262 e. The second-order valence-corrected chi connectivity index (χ2v) is 6.39. The molecule has 0 saturated heterocycles. The second-order valence-electron chi connectivity index (χ2n) is 5.15. The Bertz CT molecular complexity index is 962. The number of para-hydroxylation sites is 1. The number of anilines is 1. The fraction of sp³-hybridized carbons (Fsp3) is 0.188. The summed E-state index contributed by atoms with van der Waals surface area (Å²) in [5.74, 6) is -0.548. The molecule has 1 N–H and O–H groups in total. The minimum atomic E-state index is -0.521. The number of hydrogen-bond donors (Lipinski definition) is 1. The summed E-state index contributed by atoms with van der Waals surface area (Å²) in [6, 6.07) is 7.65. The number of halogens is 1. The Morgan fingerprint density at radius 2 is 2.09 bits per heavy atom. The lowest BCUT2D eigenvalue weighted by atomic mass is 10.3. The number of nitrogens with one attached hydrogen (secondary N) is 1. The predicted molar refractivity (Wildman–Crippen MR) is 88.4 cm³/mol. The Morgan fingerprint density at radius 1 is 1.35 bits per heavy atom. The third-order valence-corrected chi connectivity index (χ3v) is 4.36. The van der Waals surface area contributed by atoms with Crippen LogP contribution < -0.4 is 10.9 Å². The topological polar surface area (TPSA) is 64.0 Å². The van der Waals surface area contributed by atoms with Gasteiger partial charge in [-0.25, -0.2) is 9.37 Å². The molecular formula is C16H14FN3O2S. The number of hydrogen-bond acceptors (Lipinski definition) is 4. The molecule has 0 aliphatic rings. The Hall–Kier alpha value is -2.54. The molecule has 1 aromatic carbocycles. The van der Waals surface area contributed by atoms with E-state index < -0.39 is 11.7 Å². The maximum atomic E-state index is 13.6. The fourth-order valence-corrected chi connectivity index (χ4v) is 3.24. The van der Waals surface area contributed by atoms with Crippen molar-refractivity contribution in [1.29, 1.82) is 0 Å². The lowest BCUT2D eigenvalue weighted by Gasteiger charge is -2.10. The van der Waals surface area contributed by atoms with E-state index in [4.69, 9.17) is 0 Å². The monoisotopic (exact) mass is 331 g/mol. The number of fused-ring (bicyclic) bond motifs is 1. The van der Waals surface area contributed by atoms with E-state index in [0.29, 0.717) is 16.0 Å². The van der Waals surface area contributed by atoms with Crippen molar-refractivity contribution >= 4 is 33.1 Å². The normalized spacial score (nSPS) is 10.9. The number of benzene rings is 1. The number of thiophene rings is 1. The first-order valence-electron chi connectivity index (χ1n) is 6.97. The average Bonchev–Trinajstić information content (AvgIpc) is 2.86. The van der Waals surface area contributed by atoms with Crippen LogP contribution in [0.3, 0.4) is 0 Å². The van der Waals surface area contributed by atoms with Gasteiger partial charge in [0.1, 0.15) is 23.0 Å². The van der Waals surface area contributed by atoms with Crippen LogP contribution in [-0.4, -0.2) is 15.5 Å². The van der Waals surface area contributed by atoms with Crippen LogP contribution >= 0.6 is 11.3 Å². The lowest BCUT2D eigenvalue weighted by Crippen LogP contribution is -2.30. The molecule has 2 aromatic heterocycles. The molecule has 0 fully saturated rings. The summed E-state index contributed by atoms with van der Waals surface area (Å²) in [6.45, 7) is 3.36. The molecule has 0 radical (unpaired) electrons. The number of nitrogens with zero attached hydrogens (tertiary/aromatic N) is 2. The first-order valence-corrected chi connectivity index (χ1v) is 7.79.